The zero-order chi connectivity index (χ0) is 15.2. The van der Waals surface area contributed by atoms with E-state index in [-0.39, 0.29) is 24.0 Å². The van der Waals surface area contributed by atoms with Crippen LogP contribution in [0.4, 0.5) is 5.69 Å². The van der Waals surface area contributed by atoms with Gasteiger partial charge in [-0.3, -0.25) is 4.79 Å². The molecule has 114 valence electrons. The average Bonchev–Trinajstić information content (AvgIpc) is 2.50. The standard InChI is InChI=1S/C16H20ClNO3/c1-2-21-16(20)13-10-12(8-9-14(13)17)18-15(19)11-6-4-3-5-7-11/h8-11H,2-7H2,1H3,(H,18,19). The third kappa shape index (κ3) is 4.21. The van der Waals surface area contributed by atoms with E-state index in [4.69, 9.17) is 16.3 Å². The molecule has 21 heavy (non-hydrogen) atoms. The first-order chi connectivity index (χ1) is 10.1. The maximum atomic E-state index is 12.2. The van der Waals surface area contributed by atoms with Crippen LogP contribution in [0.5, 0.6) is 0 Å². The quantitative estimate of drug-likeness (QED) is 0.854. The Kier molecular flexibility index (Phi) is 5.62. The molecule has 0 bridgehead atoms. The highest BCUT2D eigenvalue weighted by atomic mass is 35.5. The summed E-state index contributed by atoms with van der Waals surface area (Å²) in [4.78, 5) is 24.0. The van der Waals surface area contributed by atoms with Crippen LogP contribution < -0.4 is 5.32 Å². The second-order valence-electron chi connectivity index (χ2n) is 5.24. The second-order valence-corrected chi connectivity index (χ2v) is 5.65. The monoisotopic (exact) mass is 309 g/mol. The van der Waals surface area contributed by atoms with Crippen molar-refractivity contribution in [3.8, 4) is 0 Å². The number of rotatable bonds is 4. The molecule has 1 N–H and O–H groups in total. The van der Waals surface area contributed by atoms with Gasteiger partial charge >= 0.3 is 5.97 Å². The van der Waals surface area contributed by atoms with Crippen molar-refractivity contribution in [1.29, 1.82) is 0 Å². The zero-order valence-electron chi connectivity index (χ0n) is 12.2. The van der Waals surface area contributed by atoms with Gasteiger partial charge in [0.2, 0.25) is 5.91 Å². The topological polar surface area (TPSA) is 55.4 Å². The number of benzene rings is 1. The van der Waals surface area contributed by atoms with E-state index in [0.717, 1.165) is 25.7 Å². The number of carbonyl (C=O) groups excluding carboxylic acids is 2. The first-order valence-corrected chi connectivity index (χ1v) is 7.77. The van der Waals surface area contributed by atoms with Crippen molar-refractivity contribution >= 4 is 29.2 Å². The minimum absolute atomic E-state index is 0.0202. The van der Waals surface area contributed by atoms with Gasteiger partial charge < -0.3 is 10.1 Å². The third-order valence-electron chi connectivity index (χ3n) is 3.71. The lowest BCUT2D eigenvalue weighted by atomic mass is 9.88. The first kappa shape index (κ1) is 15.8. The highest BCUT2D eigenvalue weighted by Crippen LogP contribution is 2.26. The number of hydrogen-bond acceptors (Lipinski definition) is 3. The summed E-state index contributed by atoms with van der Waals surface area (Å²) in [6.45, 7) is 2.02. The fraction of sp³-hybridized carbons (Fsp3) is 0.500. The van der Waals surface area contributed by atoms with Crippen LogP contribution in [0.2, 0.25) is 5.02 Å². The van der Waals surface area contributed by atoms with E-state index in [1.54, 1.807) is 25.1 Å². The number of carbonyl (C=O) groups is 2. The Labute approximate surface area is 129 Å². The van der Waals surface area contributed by atoms with Crippen molar-refractivity contribution in [2.45, 2.75) is 39.0 Å². The van der Waals surface area contributed by atoms with Crippen molar-refractivity contribution in [1.82, 2.24) is 0 Å². The van der Waals surface area contributed by atoms with Gasteiger partial charge in [0.15, 0.2) is 0 Å². The van der Waals surface area contributed by atoms with Crippen molar-refractivity contribution in [2.75, 3.05) is 11.9 Å². The Bertz CT molecular complexity index is 524. The van der Waals surface area contributed by atoms with Gasteiger partial charge in [-0.1, -0.05) is 30.9 Å². The smallest absolute Gasteiger partial charge is 0.339 e. The lowest BCUT2D eigenvalue weighted by Crippen LogP contribution is -2.24. The van der Waals surface area contributed by atoms with E-state index in [1.807, 2.05) is 0 Å². The largest absolute Gasteiger partial charge is 0.462 e. The minimum atomic E-state index is -0.476. The van der Waals surface area contributed by atoms with E-state index in [0.29, 0.717) is 10.7 Å². The minimum Gasteiger partial charge on any atom is -0.462 e. The van der Waals surface area contributed by atoms with E-state index in [2.05, 4.69) is 5.32 Å². The van der Waals surface area contributed by atoms with Crippen LogP contribution in [0.3, 0.4) is 0 Å². The average molecular weight is 310 g/mol. The van der Waals surface area contributed by atoms with E-state index in [9.17, 15) is 9.59 Å². The molecule has 0 heterocycles. The summed E-state index contributed by atoms with van der Waals surface area (Å²) in [5, 5.41) is 3.19. The van der Waals surface area contributed by atoms with Gasteiger partial charge in [-0.05, 0) is 38.0 Å². The molecule has 1 saturated carbocycles. The SMILES string of the molecule is CCOC(=O)c1cc(NC(=O)C2CCCCC2)ccc1Cl. The van der Waals surface area contributed by atoms with Crippen LogP contribution in [0.15, 0.2) is 18.2 Å². The fourth-order valence-corrected chi connectivity index (χ4v) is 2.77. The molecule has 0 atom stereocenters. The molecule has 0 radical (unpaired) electrons. The first-order valence-electron chi connectivity index (χ1n) is 7.39. The maximum absolute atomic E-state index is 12.2. The van der Waals surface area contributed by atoms with Gasteiger partial charge in [-0.15, -0.1) is 0 Å². The van der Waals surface area contributed by atoms with Gasteiger partial charge in [0.05, 0.1) is 17.2 Å². The molecule has 1 aromatic rings. The number of nitrogens with one attached hydrogen (secondary N) is 1. The van der Waals surface area contributed by atoms with Gasteiger partial charge in [-0.25, -0.2) is 4.79 Å². The Morgan fingerprint density at radius 2 is 2.00 bits per heavy atom. The molecule has 1 aliphatic carbocycles. The highest BCUT2D eigenvalue weighted by molar-refractivity contribution is 6.33. The number of hydrogen-bond donors (Lipinski definition) is 1. The number of anilines is 1. The van der Waals surface area contributed by atoms with Crippen LogP contribution in [0.25, 0.3) is 0 Å². The van der Waals surface area contributed by atoms with Gasteiger partial charge in [0.25, 0.3) is 0 Å². The Morgan fingerprint density at radius 3 is 2.67 bits per heavy atom. The molecule has 1 amide bonds. The molecular weight excluding hydrogens is 290 g/mol. The lowest BCUT2D eigenvalue weighted by molar-refractivity contribution is -0.120. The van der Waals surface area contributed by atoms with E-state index < -0.39 is 5.97 Å². The van der Waals surface area contributed by atoms with Crippen LogP contribution in [0, 0.1) is 5.92 Å². The molecule has 4 nitrogen and oxygen atoms in total. The molecule has 5 heteroatoms. The zero-order valence-corrected chi connectivity index (χ0v) is 12.9. The molecule has 0 aliphatic heterocycles. The summed E-state index contributed by atoms with van der Waals surface area (Å²) in [5.41, 5.74) is 0.859. The third-order valence-corrected chi connectivity index (χ3v) is 4.03. The fourth-order valence-electron chi connectivity index (χ4n) is 2.58. The number of ether oxygens (including phenoxy) is 1. The predicted octanol–water partition coefficient (Wildman–Crippen LogP) is 4.04. The normalized spacial score (nSPS) is 15.5. The van der Waals surface area contributed by atoms with Crippen LogP contribution in [-0.4, -0.2) is 18.5 Å². The Balaban J connectivity index is 2.07. The Morgan fingerprint density at radius 1 is 1.29 bits per heavy atom. The summed E-state index contributed by atoms with van der Waals surface area (Å²) < 4.78 is 4.95. The van der Waals surface area contributed by atoms with E-state index >= 15 is 0 Å². The second kappa shape index (κ2) is 7.46. The highest BCUT2D eigenvalue weighted by Gasteiger charge is 2.21. The number of amides is 1. The van der Waals surface area contributed by atoms with Crippen molar-refractivity contribution in [3.05, 3.63) is 28.8 Å². The summed E-state index contributed by atoms with van der Waals surface area (Å²) in [7, 11) is 0. The number of halogens is 1. The van der Waals surface area contributed by atoms with E-state index in [1.165, 1.54) is 6.42 Å². The molecule has 0 spiro atoms. The molecule has 1 aliphatic rings. The maximum Gasteiger partial charge on any atom is 0.339 e. The van der Waals surface area contributed by atoms with Gasteiger partial charge in [-0.2, -0.15) is 0 Å². The Hall–Kier alpha value is -1.55. The molecule has 0 aromatic heterocycles. The van der Waals surface area contributed by atoms with Gasteiger partial charge in [0.1, 0.15) is 0 Å². The van der Waals surface area contributed by atoms with Crippen molar-refractivity contribution in [2.24, 2.45) is 5.92 Å². The molecule has 2 rings (SSSR count). The van der Waals surface area contributed by atoms with Gasteiger partial charge in [0, 0.05) is 11.6 Å². The summed E-state index contributed by atoms with van der Waals surface area (Å²) in [6.07, 6.45) is 5.28. The summed E-state index contributed by atoms with van der Waals surface area (Å²) in [5.74, 6) is -0.386. The van der Waals surface area contributed by atoms with Crippen LogP contribution in [-0.2, 0) is 9.53 Å². The summed E-state index contributed by atoms with van der Waals surface area (Å²) in [6, 6.07) is 4.87. The summed E-state index contributed by atoms with van der Waals surface area (Å²) >= 11 is 6.00. The van der Waals surface area contributed by atoms with Crippen LogP contribution >= 0.6 is 11.6 Å². The molecule has 1 aromatic carbocycles. The molecule has 1 fully saturated rings. The van der Waals surface area contributed by atoms with Crippen molar-refractivity contribution in [3.63, 3.8) is 0 Å². The number of esters is 1. The van der Waals surface area contributed by atoms with Crippen molar-refractivity contribution < 1.29 is 14.3 Å². The predicted molar refractivity (Wildman–Crippen MR) is 82.6 cm³/mol. The van der Waals surface area contributed by atoms with Crippen LogP contribution in [0.1, 0.15) is 49.4 Å². The molecular formula is C16H20ClNO3. The molecule has 0 unspecified atom stereocenters. The molecule has 0 saturated heterocycles. The lowest BCUT2D eigenvalue weighted by Gasteiger charge is -2.20.